The van der Waals surface area contributed by atoms with Crippen LogP contribution in [0.1, 0.15) is 31.7 Å². The van der Waals surface area contributed by atoms with Crippen LogP contribution in [0.15, 0.2) is 36.4 Å². The molecule has 0 N–H and O–H groups in total. The van der Waals surface area contributed by atoms with E-state index in [1.165, 1.54) is 19.2 Å². The SMILES string of the molecule is CCC(C)c1cc(F)c(Oc2cccc(OC)c2)c(F)c1. The van der Waals surface area contributed by atoms with Crippen LogP contribution in [0.2, 0.25) is 0 Å². The highest BCUT2D eigenvalue weighted by Crippen LogP contribution is 2.32. The van der Waals surface area contributed by atoms with Crippen LogP contribution in [0, 0.1) is 11.6 Å². The average molecular weight is 292 g/mol. The predicted octanol–water partition coefficient (Wildman–Crippen LogP) is 5.28. The number of ether oxygens (including phenoxy) is 2. The zero-order valence-electron chi connectivity index (χ0n) is 12.3. The second-order valence-corrected chi connectivity index (χ2v) is 4.90. The maximum atomic E-state index is 14.1. The fourth-order valence-corrected chi connectivity index (χ4v) is 1.98. The molecule has 0 radical (unpaired) electrons. The quantitative estimate of drug-likeness (QED) is 0.746. The first-order chi connectivity index (χ1) is 10.0. The minimum atomic E-state index is -0.701. The lowest BCUT2D eigenvalue weighted by Gasteiger charge is -2.13. The summed E-state index contributed by atoms with van der Waals surface area (Å²) in [6.45, 7) is 3.90. The van der Waals surface area contributed by atoms with Crippen molar-refractivity contribution in [1.29, 1.82) is 0 Å². The zero-order chi connectivity index (χ0) is 15.4. The third-order valence-corrected chi connectivity index (χ3v) is 3.46. The molecule has 2 aromatic rings. The molecule has 4 heteroatoms. The normalized spacial score (nSPS) is 12.0. The molecule has 2 rings (SSSR count). The van der Waals surface area contributed by atoms with Crippen molar-refractivity contribution in [2.24, 2.45) is 0 Å². The summed E-state index contributed by atoms with van der Waals surface area (Å²) in [6.07, 6.45) is 0.814. The summed E-state index contributed by atoms with van der Waals surface area (Å²) in [5.41, 5.74) is 0.630. The minimum Gasteiger partial charge on any atom is -0.497 e. The van der Waals surface area contributed by atoms with Crippen LogP contribution in [0.5, 0.6) is 17.2 Å². The molecule has 112 valence electrons. The van der Waals surface area contributed by atoms with Gasteiger partial charge in [-0.3, -0.25) is 0 Å². The van der Waals surface area contributed by atoms with E-state index in [9.17, 15) is 8.78 Å². The van der Waals surface area contributed by atoms with E-state index in [1.54, 1.807) is 24.3 Å². The zero-order valence-corrected chi connectivity index (χ0v) is 12.3. The van der Waals surface area contributed by atoms with E-state index in [-0.39, 0.29) is 5.92 Å². The highest BCUT2D eigenvalue weighted by Gasteiger charge is 2.16. The van der Waals surface area contributed by atoms with Crippen molar-refractivity contribution in [2.45, 2.75) is 26.2 Å². The molecule has 0 aromatic heterocycles. The molecule has 1 unspecified atom stereocenters. The van der Waals surface area contributed by atoms with Gasteiger partial charge < -0.3 is 9.47 Å². The number of benzene rings is 2. The molecule has 1 atom stereocenters. The van der Waals surface area contributed by atoms with E-state index in [1.807, 2.05) is 13.8 Å². The lowest BCUT2D eigenvalue weighted by molar-refractivity contribution is 0.392. The Kier molecular flexibility index (Phi) is 4.78. The van der Waals surface area contributed by atoms with Gasteiger partial charge in [0.15, 0.2) is 17.4 Å². The first-order valence-electron chi connectivity index (χ1n) is 6.86. The van der Waals surface area contributed by atoms with Gasteiger partial charge >= 0.3 is 0 Å². The van der Waals surface area contributed by atoms with Gasteiger partial charge in [0.2, 0.25) is 0 Å². The molecule has 0 aliphatic heterocycles. The largest absolute Gasteiger partial charge is 0.497 e. The Balaban J connectivity index is 2.31. The Labute approximate surface area is 123 Å². The standard InChI is InChI=1S/C17H18F2O2/c1-4-11(2)12-8-15(18)17(16(19)9-12)21-14-7-5-6-13(10-14)20-3/h5-11H,4H2,1-3H3. The van der Waals surface area contributed by atoms with Crippen molar-refractivity contribution < 1.29 is 18.3 Å². The summed E-state index contributed by atoms with van der Waals surface area (Å²) < 4.78 is 38.5. The van der Waals surface area contributed by atoms with Gasteiger partial charge in [0.05, 0.1) is 7.11 Å². The van der Waals surface area contributed by atoms with Gasteiger partial charge in [-0.2, -0.15) is 0 Å². The topological polar surface area (TPSA) is 18.5 Å². The molecule has 0 heterocycles. The van der Waals surface area contributed by atoms with Gasteiger partial charge in [-0.15, -0.1) is 0 Å². The van der Waals surface area contributed by atoms with Gasteiger partial charge in [-0.1, -0.05) is 19.9 Å². The second kappa shape index (κ2) is 6.57. The van der Waals surface area contributed by atoms with Crippen molar-refractivity contribution in [3.8, 4) is 17.2 Å². The predicted molar refractivity (Wildman–Crippen MR) is 78.1 cm³/mol. The van der Waals surface area contributed by atoms with E-state index in [0.29, 0.717) is 17.1 Å². The third kappa shape index (κ3) is 3.51. The van der Waals surface area contributed by atoms with Gasteiger partial charge in [0.25, 0.3) is 0 Å². The van der Waals surface area contributed by atoms with Gasteiger partial charge in [-0.05, 0) is 42.2 Å². The fourth-order valence-electron chi connectivity index (χ4n) is 1.98. The Morgan fingerprint density at radius 1 is 1.05 bits per heavy atom. The van der Waals surface area contributed by atoms with Crippen LogP contribution >= 0.6 is 0 Å². The Hall–Kier alpha value is -2.10. The Bertz CT molecular complexity index is 603. The summed E-state index contributed by atoms with van der Waals surface area (Å²) in [5, 5.41) is 0. The first-order valence-corrected chi connectivity index (χ1v) is 6.86. The van der Waals surface area contributed by atoms with Crippen molar-refractivity contribution in [1.82, 2.24) is 0 Å². The second-order valence-electron chi connectivity index (χ2n) is 4.90. The van der Waals surface area contributed by atoms with E-state index in [4.69, 9.17) is 9.47 Å². The number of methoxy groups -OCH3 is 1. The summed E-state index contributed by atoms with van der Waals surface area (Å²) in [4.78, 5) is 0. The van der Waals surface area contributed by atoms with Crippen molar-refractivity contribution in [2.75, 3.05) is 7.11 Å². The Morgan fingerprint density at radius 3 is 2.24 bits per heavy atom. The van der Waals surface area contributed by atoms with Crippen molar-refractivity contribution in [3.05, 3.63) is 53.6 Å². The summed E-state index contributed by atoms with van der Waals surface area (Å²) in [7, 11) is 1.52. The number of hydrogen-bond acceptors (Lipinski definition) is 2. The Morgan fingerprint density at radius 2 is 1.67 bits per heavy atom. The van der Waals surface area contributed by atoms with Crippen LogP contribution in [0.4, 0.5) is 8.78 Å². The number of rotatable bonds is 5. The molecule has 0 spiro atoms. The monoisotopic (exact) mass is 292 g/mol. The molecule has 0 aliphatic rings. The molecule has 0 saturated heterocycles. The molecular formula is C17H18F2O2. The molecule has 21 heavy (non-hydrogen) atoms. The van der Waals surface area contributed by atoms with Gasteiger partial charge in [0, 0.05) is 6.07 Å². The molecule has 2 nitrogen and oxygen atoms in total. The molecule has 0 saturated carbocycles. The minimum absolute atomic E-state index is 0.0971. The van der Waals surface area contributed by atoms with Crippen LogP contribution in [-0.2, 0) is 0 Å². The highest BCUT2D eigenvalue weighted by atomic mass is 19.1. The number of halogens is 2. The molecule has 0 aliphatic carbocycles. The van der Waals surface area contributed by atoms with Crippen LogP contribution in [0.25, 0.3) is 0 Å². The smallest absolute Gasteiger partial charge is 0.198 e. The molecule has 2 aromatic carbocycles. The molecule has 0 amide bonds. The average Bonchev–Trinajstić information content (AvgIpc) is 2.50. The first kappa shape index (κ1) is 15.3. The van der Waals surface area contributed by atoms with E-state index >= 15 is 0 Å². The van der Waals surface area contributed by atoms with Crippen LogP contribution in [0.3, 0.4) is 0 Å². The van der Waals surface area contributed by atoms with E-state index in [0.717, 1.165) is 6.42 Å². The third-order valence-electron chi connectivity index (χ3n) is 3.46. The maximum absolute atomic E-state index is 14.1. The summed E-state index contributed by atoms with van der Waals surface area (Å²) >= 11 is 0. The van der Waals surface area contributed by atoms with Gasteiger partial charge in [0.1, 0.15) is 11.5 Å². The molecule has 0 bridgehead atoms. The summed E-state index contributed by atoms with van der Waals surface area (Å²) in [6, 6.07) is 9.26. The lowest BCUT2D eigenvalue weighted by Crippen LogP contribution is -1.98. The lowest BCUT2D eigenvalue weighted by atomic mass is 9.98. The van der Waals surface area contributed by atoms with E-state index in [2.05, 4.69) is 0 Å². The van der Waals surface area contributed by atoms with Crippen LogP contribution < -0.4 is 9.47 Å². The number of hydrogen-bond donors (Lipinski definition) is 0. The molecular weight excluding hydrogens is 274 g/mol. The fraction of sp³-hybridized carbons (Fsp3) is 0.294. The maximum Gasteiger partial charge on any atom is 0.198 e. The van der Waals surface area contributed by atoms with Gasteiger partial charge in [-0.25, -0.2) is 8.78 Å². The molecule has 0 fully saturated rings. The van der Waals surface area contributed by atoms with Crippen molar-refractivity contribution >= 4 is 0 Å². The van der Waals surface area contributed by atoms with Crippen molar-refractivity contribution in [3.63, 3.8) is 0 Å². The van der Waals surface area contributed by atoms with E-state index < -0.39 is 17.4 Å². The van der Waals surface area contributed by atoms with Crippen LogP contribution in [-0.4, -0.2) is 7.11 Å². The summed E-state index contributed by atoms with van der Waals surface area (Å²) in [5.74, 6) is -0.815. The highest BCUT2D eigenvalue weighted by molar-refractivity contribution is 5.39.